The Morgan fingerprint density at radius 2 is 0.795 bits per heavy atom. The van der Waals surface area contributed by atoms with E-state index in [1.165, 1.54) is 49.7 Å². The van der Waals surface area contributed by atoms with E-state index in [9.17, 15) is 19.2 Å². The molecular formula is C40H48O4. The largest absolute Gasteiger partial charge is 0.290 e. The lowest BCUT2D eigenvalue weighted by molar-refractivity contribution is -0.221. The number of unbranched alkanes of at least 4 members (excludes halogenated alkanes) is 4. The number of carbonyl (C=O) groups excluding carboxylic acids is 4. The summed E-state index contributed by atoms with van der Waals surface area (Å²) in [4.78, 5) is 50.4. The molecule has 7 aliphatic rings. The standard InChI is InChI=1S/C40H48O4/c1-3-5-7-9-35(41)37(43)25-11-15-27(16-12-25)39-19-29-32-22-40(23-33(29)31(21-39)34(24-40)30(32)20-39)28-17-13-26(14-18-28)38(44)36(42)10-8-6-4-2/h11-18,29-34H,3-10,19-24H2,1-2H3. The van der Waals surface area contributed by atoms with Crippen LogP contribution < -0.4 is 0 Å². The van der Waals surface area contributed by atoms with Gasteiger partial charge in [0.1, 0.15) is 0 Å². The Balaban J connectivity index is 1.05. The van der Waals surface area contributed by atoms with E-state index in [0.29, 0.717) is 24.0 Å². The molecule has 232 valence electrons. The lowest BCUT2D eigenvalue weighted by Gasteiger charge is -2.75. The molecule has 8 bridgehead atoms. The van der Waals surface area contributed by atoms with Crippen molar-refractivity contribution in [2.24, 2.45) is 35.5 Å². The molecule has 0 saturated heterocycles. The lowest BCUT2D eigenvalue weighted by atomic mass is 9.29. The number of ketones is 4. The first-order chi connectivity index (χ1) is 21.3. The second kappa shape index (κ2) is 11.5. The van der Waals surface area contributed by atoms with Crippen LogP contribution in [0.2, 0.25) is 0 Å². The SMILES string of the molecule is CCCCCC(=O)C(=O)c1ccc(C23CC4C5CC6(c7ccc(C(=O)C(=O)CCCCC)cc7)CC4C(C2)C(C6)C5C3)cc1. The van der Waals surface area contributed by atoms with Gasteiger partial charge in [-0.25, -0.2) is 0 Å². The zero-order chi connectivity index (χ0) is 30.6. The molecular weight excluding hydrogens is 544 g/mol. The van der Waals surface area contributed by atoms with E-state index in [4.69, 9.17) is 0 Å². The summed E-state index contributed by atoms with van der Waals surface area (Å²) in [6.45, 7) is 4.21. The maximum atomic E-state index is 12.8. The number of rotatable bonds is 14. The number of carbonyl (C=O) groups is 4. The van der Waals surface area contributed by atoms with Crippen molar-refractivity contribution in [2.45, 2.75) is 115 Å². The normalized spacial score (nSPS) is 34.0. The summed E-state index contributed by atoms with van der Waals surface area (Å²) in [6, 6.07) is 16.4. The van der Waals surface area contributed by atoms with Crippen LogP contribution in [0.25, 0.3) is 0 Å². The van der Waals surface area contributed by atoms with Crippen molar-refractivity contribution in [3.05, 3.63) is 70.8 Å². The van der Waals surface area contributed by atoms with Gasteiger partial charge in [-0.3, -0.25) is 19.2 Å². The van der Waals surface area contributed by atoms with E-state index in [1.54, 1.807) is 0 Å². The molecule has 7 saturated carbocycles. The third kappa shape index (κ3) is 4.77. The summed E-state index contributed by atoms with van der Waals surface area (Å²) in [6.07, 6.45) is 13.9. The zero-order valence-corrected chi connectivity index (χ0v) is 26.6. The number of hydrogen-bond acceptors (Lipinski definition) is 4. The highest BCUT2D eigenvalue weighted by Gasteiger charge is 2.70. The summed E-state index contributed by atoms with van der Waals surface area (Å²) >= 11 is 0. The summed E-state index contributed by atoms with van der Waals surface area (Å²) < 4.78 is 0. The average molecular weight is 593 g/mol. The van der Waals surface area contributed by atoms with Crippen LogP contribution in [0, 0.1) is 35.5 Å². The molecule has 4 nitrogen and oxygen atoms in total. The van der Waals surface area contributed by atoms with Crippen LogP contribution in [-0.4, -0.2) is 23.1 Å². The van der Waals surface area contributed by atoms with Crippen molar-refractivity contribution in [2.75, 3.05) is 0 Å². The molecule has 2 aromatic carbocycles. The number of Topliss-reactive ketones (excluding diaryl/α,β-unsaturated/α-hetero) is 4. The quantitative estimate of drug-likeness (QED) is 0.125. The maximum Gasteiger partial charge on any atom is 0.228 e. The van der Waals surface area contributed by atoms with Crippen LogP contribution in [0.15, 0.2) is 48.5 Å². The molecule has 0 amide bonds. The van der Waals surface area contributed by atoms with Crippen molar-refractivity contribution in [3.8, 4) is 0 Å². The zero-order valence-electron chi connectivity index (χ0n) is 26.6. The Kier molecular flexibility index (Phi) is 7.78. The Labute approximate surface area is 262 Å². The molecule has 0 aliphatic heterocycles. The van der Waals surface area contributed by atoms with Crippen molar-refractivity contribution < 1.29 is 19.2 Å². The van der Waals surface area contributed by atoms with E-state index in [2.05, 4.69) is 38.1 Å². The van der Waals surface area contributed by atoms with Gasteiger partial charge in [0.25, 0.3) is 0 Å². The van der Waals surface area contributed by atoms with Crippen molar-refractivity contribution in [3.63, 3.8) is 0 Å². The fourth-order valence-electron chi connectivity index (χ4n) is 11.2. The first kappa shape index (κ1) is 29.8. The Morgan fingerprint density at radius 3 is 1.07 bits per heavy atom. The first-order valence-corrected chi connectivity index (χ1v) is 17.7. The van der Waals surface area contributed by atoms with Gasteiger partial charge in [0.05, 0.1) is 0 Å². The van der Waals surface area contributed by atoms with Gasteiger partial charge in [0.15, 0.2) is 0 Å². The molecule has 0 spiro atoms. The number of hydrogen-bond donors (Lipinski definition) is 0. The average Bonchev–Trinajstić information content (AvgIpc) is 3.06. The first-order valence-electron chi connectivity index (χ1n) is 17.7. The van der Waals surface area contributed by atoms with Gasteiger partial charge in [-0.15, -0.1) is 0 Å². The van der Waals surface area contributed by atoms with Crippen LogP contribution in [0.3, 0.4) is 0 Å². The fraction of sp³-hybridized carbons (Fsp3) is 0.600. The molecule has 0 N–H and O–H groups in total. The lowest BCUT2D eigenvalue weighted by Crippen LogP contribution is -2.69. The third-order valence-corrected chi connectivity index (χ3v) is 13.1. The van der Waals surface area contributed by atoms with E-state index in [1.807, 2.05) is 24.3 Å². The van der Waals surface area contributed by atoms with Crippen LogP contribution in [0.5, 0.6) is 0 Å². The van der Waals surface area contributed by atoms with Gasteiger partial charge in [0.2, 0.25) is 23.1 Å². The van der Waals surface area contributed by atoms with E-state index >= 15 is 0 Å². The van der Waals surface area contributed by atoms with Crippen molar-refractivity contribution in [1.29, 1.82) is 0 Å². The van der Waals surface area contributed by atoms with Crippen LogP contribution >= 0.6 is 0 Å². The summed E-state index contributed by atoms with van der Waals surface area (Å²) in [5.74, 6) is 3.52. The van der Waals surface area contributed by atoms with Gasteiger partial charge in [-0.1, -0.05) is 88.1 Å². The van der Waals surface area contributed by atoms with Crippen molar-refractivity contribution >= 4 is 23.1 Å². The highest BCUT2D eigenvalue weighted by Crippen LogP contribution is 2.77. The Morgan fingerprint density at radius 1 is 0.500 bits per heavy atom. The summed E-state index contributed by atoms with van der Waals surface area (Å²) in [7, 11) is 0. The minimum Gasteiger partial charge on any atom is -0.290 e. The highest BCUT2D eigenvalue weighted by molar-refractivity contribution is 6.44. The number of benzene rings is 2. The molecule has 7 aliphatic carbocycles. The minimum absolute atomic E-state index is 0.221. The molecule has 4 heteroatoms. The monoisotopic (exact) mass is 592 g/mol. The van der Waals surface area contributed by atoms with Crippen LogP contribution in [0.1, 0.15) is 136 Å². The minimum atomic E-state index is -0.325. The molecule has 0 aromatic heterocycles. The predicted octanol–water partition coefficient (Wildman–Crippen LogP) is 8.63. The van der Waals surface area contributed by atoms with Gasteiger partial charge in [-0.05, 0) is 109 Å². The van der Waals surface area contributed by atoms with Gasteiger partial charge >= 0.3 is 0 Å². The molecule has 44 heavy (non-hydrogen) atoms. The molecule has 0 unspecified atom stereocenters. The van der Waals surface area contributed by atoms with Gasteiger partial charge < -0.3 is 0 Å². The van der Waals surface area contributed by atoms with Crippen LogP contribution in [-0.2, 0) is 20.4 Å². The van der Waals surface area contributed by atoms with E-state index in [-0.39, 0.29) is 34.0 Å². The second-order valence-electron chi connectivity index (χ2n) is 15.3. The molecule has 0 heterocycles. The van der Waals surface area contributed by atoms with Crippen LogP contribution in [0.4, 0.5) is 0 Å². The third-order valence-electron chi connectivity index (χ3n) is 13.1. The fourth-order valence-corrected chi connectivity index (χ4v) is 11.2. The maximum absolute atomic E-state index is 12.8. The Bertz CT molecular complexity index is 1270. The molecule has 0 radical (unpaired) electrons. The van der Waals surface area contributed by atoms with E-state index < -0.39 is 0 Å². The van der Waals surface area contributed by atoms with Gasteiger partial charge in [0, 0.05) is 24.0 Å². The molecule has 2 aromatic rings. The molecule has 7 fully saturated rings. The predicted molar refractivity (Wildman–Crippen MR) is 172 cm³/mol. The highest BCUT2D eigenvalue weighted by atomic mass is 16.2. The van der Waals surface area contributed by atoms with E-state index in [0.717, 1.165) is 74.0 Å². The summed E-state index contributed by atoms with van der Waals surface area (Å²) in [5.41, 5.74) is 4.32. The second-order valence-corrected chi connectivity index (χ2v) is 15.3. The smallest absolute Gasteiger partial charge is 0.228 e. The summed E-state index contributed by atoms with van der Waals surface area (Å²) in [5, 5.41) is 0. The topological polar surface area (TPSA) is 68.3 Å². The van der Waals surface area contributed by atoms with Gasteiger partial charge in [-0.2, -0.15) is 0 Å². The Hall–Kier alpha value is -2.88. The molecule has 9 rings (SSSR count). The van der Waals surface area contributed by atoms with Crippen molar-refractivity contribution in [1.82, 2.24) is 0 Å². The molecule has 0 atom stereocenters.